The Labute approximate surface area is 77.4 Å². The molecule has 3 nitrogen and oxygen atoms in total. The van der Waals surface area contributed by atoms with Crippen molar-refractivity contribution < 1.29 is 14.6 Å². The van der Waals surface area contributed by atoms with Gasteiger partial charge in [0.25, 0.3) is 0 Å². The lowest BCUT2D eigenvalue weighted by Crippen LogP contribution is -2.49. The molecule has 13 heavy (non-hydrogen) atoms. The van der Waals surface area contributed by atoms with Crippen molar-refractivity contribution in [1.82, 2.24) is 0 Å². The Morgan fingerprint density at radius 1 is 1.69 bits per heavy atom. The van der Waals surface area contributed by atoms with Crippen LogP contribution in [0.2, 0.25) is 0 Å². The van der Waals surface area contributed by atoms with E-state index in [2.05, 4.69) is 0 Å². The highest BCUT2D eigenvalue weighted by atomic mass is 16.5. The van der Waals surface area contributed by atoms with E-state index in [9.17, 15) is 9.90 Å². The summed E-state index contributed by atoms with van der Waals surface area (Å²) >= 11 is 0. The number of ketones is 1. The van der Waals surface area contributed by atoms with E-state index in [-0.39, 0.29) is 11.7 Å². The molecule has 2 heterocycles. The average molecular weight is 182 g/mol. The van der Waals surface area contributed by atoms with Crippen LogP contribution in [-0.2, 0) is 9.53 Å². The Bertz CT molecular complexity index is 269. The van der Waals surface area contributed by atoms with Gasteiger partial charge in [0.15, 0.2) is 5.78 Å². The topological polar surface area (TPSA) is 46.5 Å². The number of carbonyl (C=O) groups excluding carboxylic acids is 1. The van der Waals surface area contributed by atoms with Gasteiger partial charge in [-0.25, -0.2) is 0 Å². The zero-order chi connectivity index (χ0) is 9.64. The molecule has 0 aromatic carbocycles. The summed E-state index contributed by atoms with van der Waals surface area (Å²) in [7, 11) is 0. The monoisotopic (exact) mass is 182 g/mol. The van der Waals surface area contributed by atoms with Gasteiger partial charge in [-0.1, -0.05) is 26.0 Å². The van der Waals surface area contributed by atoms with Gasteiger partial charge in [0, 0.05) is 6.42 Å². The Morgan fingerprint density at radius 2 is 2.38 bits per heavy atom. The van der Waals surface area contributed by atoms with Crippen LogP contribution in [0.1, 0.15) is 20.3 Å². The van der Waals surface area contributed by atoms with E-state index in [0.29, 0.717) is 6.42 Å². The molecule has 1 saturated heterocycles. The molecule has 2 aliphatic heterocycles. The smallest absolute Gasteiger partial charge is 0.167 e. The molecular formula is C10H14O3. The lowest BCUT2D eigenvalue weighted by molar-refractivity contribution is -0.164. The van der Waals surface area contributed by atoms with Gasteiger partial charge in [-0.05, 0) is 5.92 Å². The summed E-state index contributed by atoms with van der Waals surface area (Å²) in [6.07, 6.45) is 2.67. The van der Waals surface area contributed by atoms with E-state index in [0.717, 1.165) is 0 Å². The fourth-order valence-corrected chi connectivity index (χ4v) is 1.95. The maximum atomic E-state index is 11.4. The highest BCUT2D eigenvalue weighted by Gasteiger charge is 2.49. The summed E-state index contributed by atoms with van der Waals surface area (Å²) in [4.78, 5) is 11.4. The minimum atomic E-state index is -0.953. The van der Waals surface area contributed by atoms with Gasteiger partial charge in [-0.3, -0.25) is 4.79 Å². The molecule has 0 aromatic heterocycles. The standard InChI is InChI=1S/C10H14O3/c1-6(2)10-4-3-8(13-10)9(12)7(11)5-10/h3-4,6,8-9,12H,5H2,1-2H3/t8-,9+,10+/m0/s1. The molecule has 0 aliphatic carbocycles. The first kappa shape index (κ1) is 8.91. The van der Waals surface area contributed by atoms with E-state index in [1.54, 1.807) is 6.08 Å². The van der Waals surface area contributed by atoms with Gasteiger partial charge in [-0.2, -0.15) is 0 Å². The van der Waals surface area contributed by atoms with Gasteiger partial charge in [0.2, 0.25) is 0 Å². The van der Waals surface area contributed by atoms with E-state index >= 15 is 0 Å². The Morgan fingerprint density at radius 3 is 3.00 bits per heavy atom. The second-order valence-corrected chi connectivity index (χ2v) is 4.14. The fraction of sp³-hybridized carbons (Fsp3) is 0.700. The molecule has 0 saturated carbocycles. The molecule has 3 heteroatoms. The van der Waals surface area contributed by atoms with Crippen molar-refractivity contribution in [2.45, 2.75) is 38.1 Å². The summed E-state index contributed by atoms with van der Waals surface area (Å²) in [5.74, 6) is 0.167. The summed E-state index contributed by atoms with van der Waals surface area (Å²) in [6, 6.07) is 0. The SMILES string of the molecule is CC(C)[C@]12C=C[C@H](O1)[C@H](O)C(=O)C2. The maximum Gasteiger partial charge on any atom is 0.167 e. The molecule has 2 bridgehead atoms. The van der Waals surface area contributed by atoms with Crippen LogP contribution >= 0.6 is 0 Å². The largest absolute Gasteiger partial charge is 0.382 e. The van der Waals surface area contributed by atoms with Crippen LogP contribution in [0.15, 0.2) is 12.2 Å². The quantitative estimate of drug-likeness (QED) is 0.606. The number of hydrogen-bond acceptors (Lipinski definition) is 3. The number of hydrogen-bond donors (Lipinski definition) is 1. The minimum absolute atomic E-state index is 0.102. The Kier molecular flexibility index (Phi) is 1.82. The highest BCUT2D eigenvalue weighted by Crippen LogP contribution is 2.39. The number of carbonyl (C=O) groups is 1. The number of rotatable bonds is 1. The van der Waals surface area contributed by atoms with Crippen LogP contribution in [0.3, 0.4) is 0 Å². The van der Waals surface area contributed by atoms with E-state index in [4.69, 9.17) is 4.74 Å². The lowest BCUT2D eigenvalue weighted by Gasteiger charge is -2.37. The van der Waals surface area contributed by atoms with Crippen molar-refractivity contribution >= 4 is 5.78 Å². The molecule has 1 N–H and O–H groups in total. The first-order chi connectivity index (χ1) is 6.05. The number of ether oxygens (including phenoxy) is 1. The fourth-order valence-electron chi connectivity index (χ4n) is 1.95. The summed E-state index contributed by atoms with van der Waals surface area (Å²) in [6.45, 7) is 4.05. The van der Waals surface area contributed by atoms with Gasteiger partial charge in [0.05, 0.1) is 5.60 Å². The van der Waals surface area contributed by atoms with E-state index in [1.165, 1.54) is 0 Å². The summed E-state index contributed by atoms with van der Waals surface area (Å²) in [5.41, 5.74) is -0.443. The molecule has 0 spiro atoms. The number of aliphatic hydroxyl groups excluding tert-OH is 1. The van der Waals surface area contributed by atoms with Crippen LogP contribution in [0.5, 0.6) is 0 Å². The number of Topliss-reactive ketones (excluding diaryl/α,β-unsaturated/α-hetero) is 1. The van der Waals surface area contributed by atoms with Crippen LogP contribution in [0, 0.1) is 5.92 Å². The van der Waals surface area contributed by atoms with Crippen LogP contribution in [-0.4, -0.2) is 28.7 Å². The normalized spacial score (nSPS) is 43.2. The zero-order valence-corrected chi connectivity index (χ0v) is 7.86. The Hall–Kier alpha value is -0.670. The number of aliphatic hydroxyl groups is 1. The third-order valence-electron chi connectivity index (χ3n) is 2.99. The van der Waals surface area contributed by atoms with Crippen molar-refractivity contribution in [3.63, 3.8) is 0 Å². The summed E-state index contributed by atoms with van der Waals surface area (Å²) in [5, 5.41) is 9.43. The van der Waals surface area contributed by atoms with Crippen molar-refractivity contribution in [2.75, 3.05) is 0 Å². The van der Waals surface area contributed by atoms with Crippen molar-refractivity contribution in [1.29, 1.82) is 0 Å². The van der Waals surface area contributed by atoms with Gasteiger partial charge < -0.3 is 9.84 Å². The zero-order valence-electron chi connectivity index (χ0n) is 7.86. The second kappa shape index (κ2) is 2.66. The third kappa shape index (κ3) is 1.15. The molecule has 3 atom stereocenters. The lowest BCUT2D eigenvalue weighted by atomic mass is 9.84. The molecule has 2 rings (SSSR count). The minimum Gasteiger partial charge on any atom is -0.382 e. The van der Waals surface area contributed by atoms with Gasteiger partial charge in [-0.15, -0.1) is 0 Å². The first-order valence-electron chi connectivity index (χ1n) is 4.63. The predicted molar refractivity (Wildman–Crippen MR) is 47.2 cm³/mol. The third-order valence-corrected chi connectivity index (χ3v) is 2.99. The molecule has 0 amide bonds. The van der Waals surface area contributed by atoms with Crippen molar-refractivity contribution in [3.05, 3.63) is 12.2 Å². The van der Waals surface area contributed by atoms with E-state index in [1.807, 2.05) is 19.9 Å². The number of fused-ring (bicyclic) bond motifs is 2. The molecule has 2 aliphatic rings. The molecule has 0 aromatic rings. The summed E-state index contributed by atoms with van der Waals surface area (Å²) < 4.78 is 5.65. The van der Waals surface area contributed by atoms with Crippen LogP contribution in [0.25, 0.3) is 0 Å². The molecule has 0 unspecified atom stereocenters. The molecule has 72 valence electrons. The molecule has 1 fully saturated rings. The van der Waals surface area contributed by atoms with Crippen LogP contribution < -0.4 is 0 Å². The van der Waals surface area contributed by atoms with Gasteiger partial charge in [0.1, 0.15) is 12.2 Å². The maximum absolute atomic E-state index is 11.4. The van der Waals surface area contributed by atoms with E-state index < -0.39 is 17.8 Å². The van der Waals surface area contributed by atoms with Gasteiger partial charge >= 0.3 is 0 Å². The molecule has 0 radical (unpaired) electrons. The highest BCUT2D eigenvalue weighted by molar-refractivity contribution is 5.86. The Balaban J connectivity index is 2.29. The van der Waals surface area contributed by atoms with Crippen molar-refractivity contribution in [2.24, 2.45) is 5.92 Å². The van der Waals surface area contributed by atoms with Crippen molar-refractivity contribution in [3.8, 4) is 0 Å². The molecular weight excluding hydrogens is 168 g/mol. The first-order valence-corrected chi connectivity index (χ1v) is 4.63. The average Bonchev–Trinajstić information content (AvgIpc) is 2.43. The van der Waals surface area contributed by atoms with Crippen LogP contribution in [0.4, 0.5) is 0 Å². The second-order valence-electron chi connectivity index (χ2n) is 4.14. The predicted octanol–water partition coefficient (Wildman–Crippen LogP) is 0.670.